The van der Waals surface area contributed by atoms with Crippen LogP contribution in [0.4, 0.5) is 4.79 Å². The number of hydrogen-bond donors (Lipinski definition) is 3. The maximum atomic E-state index is 11.7. The summed E-state index contributed by atoms with van der Waals surface area (Å²) in [4.78, 5) is 24.9. The van der Waals surface area contributed by atoms with E-state index in [-0.39, 0.29) is 17.9 Å². The van der Waals surface area contributed by atoms with Crippen LogP contribution in [0.3, 0.4) is 0 Å². The number of nitrogens with one attached hydrogen (secondary N) is 2. The van der Waals surface area contributed by atoms with Crippen molar-refractivity contribution in [1.29, 1.82) is 0 Å². The zero-order chi connectivity index (χ0) is 15.1. The molecule has 0 atom stereocenters. The molecule has 7 nitrogen and oxygen atoms in total. The number of carboxylic acid groups (broad SMARTS) is 1. The van der Waals surface area contributed by atoms with E-state index in [4.69, 9.17) is 9.84 Å². The van der Waals surface area contributed by atoms with Gasteiger partial charge in [-0.15, -0.1) is 0 Å². The quantitative estimate of drug-likeness (QED) is 0.627. The molecule has 21 heavy (non-hydrogen) atoms. The van der Waals surface area contributed by atoms with Crippen LogP contribution in [-0.2, 0) is 9.53 Å². The van der Waals surface area contributed by atoms with Crippen molar-refractivity contribution >= 4 is 12.0 Å². The molecule has 0 aromatic heterocycles. The Morgan fingerprint density at radius 3 is 2.48 bits per heavy atom. The minimum Gasteiger partial charge on any atom is -0.481 e. The summed E-state index contributed by atoms with van der Waals surface area (Å²) in [5.41, 5.74) is -0.229. The van der Waals surface area contributed by atoms with Gasteiger partial charge in [-0.25, -0.2) is 4.79 Å². The molecule has 3 N–H and O–H groups in total. The van der Waals surface area contributed by atoms with Gasteiger partial charge in [-0.2, -0.15) is 0 Å². The lowest BCUT2D eigenvalue weighted by atomic mass is 9.66. The summed E-state index contributed by atoms with van der Waals surface area (Å²) in [5, 5.41) is 14.6. The van der Waals surface area contributed by atoms with Gasteiger partial charge in [0, 0.05) is 32.7 Å². The number of rotatable bonds is 7. The third-order valence-electron chi connectivity index (χ3n) is 4.38. The van der Waals surface area contributed by atoms with Crippen molar-refractivity contribution < 1.29 is 19.4 Å². The van der Waals surface area contributed by atoms with Gasteiger partial charge in [-0.1, -0.05) is 6.42 Å². The molecule has 120 valence electrons. The van der Waals surface area contributed by atoms with Crippen LogP contribution >= 0.6 is 0 Å². The van der Waals surface area contributed by atoms with Gasteiger partial charge in [-0.3, -0.25) is 9.69 Å². The average Bonchev–Trinajstić information content (AvgIpc) is 2.42. The summed E-state index contributed by atoms with van der Waals surface area (Å²) in [6.07, 6.45) is 2.95. The summed E-state index contributed by atoms with van der Waals surface area (Å²) in [6.45, 7) is 5.18. The number of aliphatic carboxylic acids is 1. The highest BCUT2D eigenvalue weighted by Crippen LogP contribution is 2.43. The highest BCUT2D eigenvalue weighted by Gasteiger charge is 2.39. The third-order valence-corrected chi connectivity index (χ3v) is 4.38. The first-order valence-electron chi connectivity index (χ1n) is 7.63. The number of nitrogens with zero attached hydrogens (tertiary/aromatic N) is 1. The van der Waals surface area contributed by atoms with Crippen LogP contribution in [-0.4, -0.2) is 67.9 Å². The van der Waals surface area contributed by atoms with Crippen molar-refractivity contribution in [3.05, 3.63) is 0 Å². The number of hydrogen-bond acceptors (Lipinski definition) is 4. The average molecular weight is 299 g/mol. The van der Waals surface area contributed by atoms with Crippen molar-refractivity contribution in [2.45, 2.75) is 25.7 Å². The fourth-order valence-electron chi connectivity index (χ4n) is 2.90. The fourth-order valence-corrected chi connectivity index (χ4v) is 2.90. The number of amides is 2. The predicted molar refractivity (Wildman–Crippen MR) is 77.2 cm³/mol. The number of carbonyl (C=O) groups excluding carboxylic acids is 1. The van der Waals surface area contributed by atoms with Crippen molar-refractivity contribution in [3.63, 3.8) is 0 Å². The highest BCUT2D eigenvalue weighted by molar-refractivity contribution is 5.74. The summed E-state index contributed by atoms with van der Waals surface area (Å²) < 4.78 is 5.26. The largest absolute Gasteiger partial charge is 0.481 e. The van der Waals surface area contributed by atoms with Gasteiger partial charge in [0.05, 0.1) is 19.6 Å². The van der Waals surface area contributed by atoms with Crippen LogP contribution in [0.5, 0.6) is 0 Å². The molecular formula is C14H25N3O4. The second-order valence-electron chi connectivity index (χ2n) is 5.99. The van der Waals surface area contributed by atoms with Crippen LogP contribution < -0.4 is 10.6 Å². The maximum Gasteiger partial charge on any atom is 0.314 e. The molecule has 1 heterocycles. The van der Waals surface area contributed by atoms with E-state index in [1.54, 1.807) is 0 Å². The van der Waals surface area contributed by atoms with Crippen LogP contribution in [0, 0.1) is 5.41 Å². The Hall–Kier alpha value is -1.34. The molecule has 2 aliphatic rings. The highest BCUT2D eigenvalue weighted by atomic mass is 16.5. The van der Waals surface area contributed by atoms with Gasteiger partial charge >= 0.3 is 12.0 Å². The number of carboxylic acids is 1. The first kappa shape index (κ1) is 16.0. The van der Waals surface area contributed by atoms with Gasteiger partial charge in [0.25, 0.3) is 0 Å². The Morgan fingerprint density at radius 2 is 1.90 bits per heavy atom. The molecule has 2 amide bonds. The monoisotopic (exact) mass is 299 g/mol. The lowest BCUT2D eigenvalue weighted by Crippen LogP contribution is -2.48. The van der Waals surface area contributed by atoms with Crippen LogP contribution in [0.15, 0.2) is 0 Å². The van der Waals surface area contributed by atoms with Gasteiger partial charge in [0.1, 0.15) is 0 Å². The van der Waals surface area contributed by atoms with E-state index in [0.717, 1.165) is 52.1 Å². The second-order valence-corrected chi connectivity index (χ2v) is 5.99. The fraction of sp³-hybridized carbons (Fsp3) is 0.857. The number of urea groups is 1. The zero-order valence-electron chi connectivity index (χ0n) is 12.4. The van der Waals surface area contributed by atoms with Gasteiger partial charge < -0.3 is 20.5 Å². The summed E-state index contributed by atoms with van der Waals surface area (Å²) >= 11 is 0. The SMILES string of the molecule is O=C(O)CC1(CNC(=O)NCCN2CCOCC2)CCC1. The molecule has 0 radical (unpaired) electrons. The van der Waals surface area contributed by atoms with E-state index < -0.39 is 5.97 Å². The van der Waals surface area contributed by atoms with Crippen LogP contribution in [0.2, 0.25) is 0 Å². The third kappa shape index (κ3) is 5.17. The summed E-state index contributed by atoms with van der Waals surface area (Å²) in [5.74, 6) is -0.788. The van der Waals surface area contributed by atoms with Gasteiger partial charge in [0.15, 0.2) is 0 Å². The number of carbonyl (C=O) groups is 2. The van der Waals surface area contributed by atoms with Crippen LogP contribution in [0.25, 0.3) is 0 Å². The van der Waals surface area contributed by atoms with Crippen molar-refractivity contribution in [3.8, 4) is 0 Å². The maximum absolute atomic E-state index is 11.7. The smallest absolute Gasteiger partial charge is 0.314 e. The predicted octanol–water partition coefficient (Wildman–Crippen LogP) is 0.263. The first-order chi connectivity index (χ1) is 10.1. The molecule has 0 bridgehead atoms. The van der Waals surface area contributed by atoms with Crippen molar-refractivity contribution in [1.82, 2.24) is 15.5 Å². The molecule has 1 aliphatic carbocycles. The van der Waals surface area contributed by atoms with Crippen LogP contribution in [0.1, 0.15) is 25.7 Å². The molecule has 7 heteroatoms. The van der Waals surface area contributed by atoms with E-state index in [1.165, 1.54) is 0 Å². The molecule has 2 fully saturated rings. The second kappa shape index (κ2) is 7.61. The molecule has 0 aromatic rings. The number of ether oxygens (including phenoxy) is 1. The number of morpholine rings is 1. The summed E-state index contributed by atoms with van der Waals surface area (Å²) in [7, 11) is 0. The molecule has 0 aromatic carbocycles. The molecule has 1 saturated heterocycles. The molecule has 2 rings (SSSR count). The van der Waals surface area contributed by atoms with Crippen molar-refractivity contribution in [2.75, 3.05) is 45.9 Å². The molecule has 1 saturated carbocycles. The molecule has 0 unspecified atom stereocenters. The van der Waals surface area contributed by atoms with E-state index >= 15 is 0 Å². The zero-order valence-corrected chi connectivity index (χ0v) is 12.4. The Balaban J connectivity index is 1.59. The van der Waals surface area contributed by atoms with Crippen molar-refractivity contribution in [2.24, 2.45) is 5.41 Å². The topological polar surface area (TPSA) is 90.9 Å². The molecular weight excluding hydrogens is 274 g/mol. The van der Waals surface area contributed by atoms with Gasteiger partial charge in [-0.05, 0) is 18.3 Å². The summed E-state index contributed by atoms with van der Waals surface area (Å²) in [6, 6.07) is -0.208. The normalized spacial score (nSPS) is 21.3. The Morgan fingerprint density at radius 1 is 1.19 bits per heavy atom. The van der Waals surface area contributed by atoms with E-state index in [1.807, 2.05) is 0 Å². The lowest BCUT2D eigenvalue weighted by Gasteiger charge is -2.40. The van der Waals surface area contributed by atoms with Gasteiger partial charge in [0.2, 0.25) is 0 Å². The Bertz CT molecular complexity index is 365. The van der Waals surface area contributed by atoms with E-state index in [0.29, 0.717) is 13.1 Å². The minimum absolute atomic E-state index is 0.140. The first-order valence-corrected chi connectivity index (χ1v) is 7.63. The van der Waals surface area contributed by atoms with E-state index in [9.17, 15) is 9.59 Å². The lowest BCUT2D eigenvalue weighted by molar-refractivity contribution is -0.141. The standard InChI is InChI=1S/C14H25N3O4/c18-12(19)10-14(2-1-3-14)11-16-13(20)15-4-5-17-6-8-21-9-7-17/h1-11H2,(H,18,19)(H2,15,16,20). The Labute approximate surface area is 125 Å². The van der Waals surface area contributed by atoms with E-state index in [2.05, 4.69) is 15.5 Å². The minimum atomic E-state index is -0.788. The molecule has 0 spiro atoms. The Kier molecular flexibility index (Phi) is 5.81. The molecule has 1 aliphatic heterocycles.